The van der Waals surface area contributed by atoms with E-state index in [1.54, 1.807) is 0 Å². The number of hydrogen-bond donors (Lipinski definition) is 1. The molecule has 1 nitrogen and oxygen atoms in total. The van der Waals surface area contributed by atoms with Crippen LogP contribution in [0.4, 0.5) is 0 Å². The largest absolute Gasteiger partial charge is 0.389 e. The average Bonchev–Trinajstić information content (AvgIpc) is 2.34. The second-order valence-corrected chi connectivity index (χ2v) is 5.38. The lowest BCUT2D eigenvalue weighted by atomic mass is 9.69. The van der Waals surface area contributed by atoms with Gasteiger partial charge in [-0.25, -0.2) is 0 Å². The average molecular weight is 170 g/mol. The van der Waals surface area contributed by atoms with Gasteiger partial charge < -0.3 is 5.11 Å². The molecule has 0 amide bonds. The SMILES string of the molecule is CC(C)(C)[C@@](C)(O)C1CCCC1. The molecule has 0 bridgehead atoms. The molecule has 1 aliphatic rings. The molecule has 72 valence electrons. The zero-order valence-corrected chi connectivity index (χ0v) is 8.85. The molecule has 0 saturated heterocycles. The third kappa shape index (κ3) is 1.66. The molecule has 1 saturated carbocycles. The molecule has 1 aliphatic carbocycles. The van der Waals surface area contributed by atoms with Crippen LogP contribution >= 0.6 is 0 Å². The van der Waals surface area contributed by atoms with Gasteiger partial charge in [-0.1, -0.05) is 33.6 Å². The lowest BCUT2D eigenvalue weighted by Gasteiger charge is -2.42. The maximum absolute atomic E-state index is 10.4. The van der Waals surface area contributed by atoms with E-state index in [2.05, 4.69) is 20.8 Å². The molecule has 0 spiro atoms. The molecule has 0 aliphatic heterocycles. The molecule has 0 aromatic heterocycles. The first-order chi connectivity index (χ1) is 5.36. The van der Waals surface area contributed by atoms with Crippen LogP contribution in [0.5, 0.6) is 0 Å². The highest BCUT2D eigenvalue weighted by Crippen LogP contribution is 2.43. The summed E-state index contributed by atoms with van der Waals surface area (Å²) in [7, 11) is 0. The van der Waals surface area contributed by atoms with Gasteiger partial charge in [0.2, 0.25) is 0 Å². The predicted octanol–water partition coefficient (Wildman–Crippen LogP) is 2.97. The molecule has 1 fully saturated rings. The highest BCUT2D eigenvalue weighted by molar-refractivity contribution is 4.94. The molecule has 0 unspecified atom stereocenters. The summed E-state index contributed by atoms with van der Waals surface area (Å²) in [4.78, 5) is 0. The molecule has 12 heavy (non-hydrogen) atoms. The van der Waals surface area contributed by atoms with Gasteiger partial charge in [0.15, 0.2) is 0 Å². The van der Waals surface area contributed by atoms with Crippen molar-refractivity contribution in [1.82, 2.24) is 0 Å². The van der Waals surface area contributed by atoms with Gasteiger partial charge in [0.25, 0.3) is 0 Å². The predicted molar refractivity (Wildman–Crippen MR) is 52.0 cm³/mol. The second kappa shape index (κ2) is 3.02. The van der Waals surface area contributed by atoms with E-state index in [-0.39, 0.29) is 5.41 Å². The van der Waals surface area contributed by atoms with Crippen LogP contribution in [0.2, 0.25) is 0 Å². The third-order valence-electron chi connectivity index (χ3n) is 3.67. The lowest BCUT2D eigenvalue weighted by Crippen LogP contribution is -2.45. The lowest BCUT2D eigenvalue weighted by molar-refractivity contribution is -0.0871. The molecule has 1 heteroatoms. The summed E-state index contributed by atoms with van der Waals surface area (Å²) in [6.07, 6.45) is 5.03. The zero-order chi connectivity index (χ0) is 9.41. The van der Waals surface area contributed by atoms with Gasteiger partial charge in [0.05, 0.1) is 5.60 Å². The summed E-state index contributed by atoms with van der Waals surface area (Å²) in [6, 6.07) is 0. The summed E-state index contributed by atoms with van der Waals surface area (Å²) < 4.78 is 0. The Morgan fingerprint density at radius 1 is 1.00 bits per heavy atom. The zero-order valence-electron chi connectivity index (χ0n) is 8.85. The van der Waals surface area contributed by atoms with Gasteiger partial charge in [-0.15, -0.1) is 0 Å². The van der Waals surface area contributed by atoms with E-state index in [0.29, 0.717) is 5.92 Å². The van der Waals surface area contributed by atoms with Crippen LogP contribution in [-0.2, 0) is 0 Å². The fourth-order valence-electron chi connectivity index (χ4n) is 2.10. The van der Waals surface area contributed by atoms with E-state index in [1.807, 2.05) is 6.92 Å². The van der Waals surface area contributed by atoms with Crippen molar-refractivity contribution in [2.75, 3.05) is 0 Å². The standard InChI is InChI=1S/C11H22O/c1-10(2,3)11(4,12)9-7-5-6-8-9/h9,12H,5-8H2,1-4H3/t11-/m0/s1. The fraction of sp³-hybridized carbons (Fsp3) is 1.00. The van der Waals surface area contributed by atoms with Gasteiger partial charge in [-0.2, -0.15) is 0 Å². The van der Waals surface area contributed by atoms with Crippen LogP contribution in [0.3, 0.4) is 0 Å². The minimum Gasteiger partial charge on any atom is -0.389 e. The first-order valence-corrected chi connectivity index (χ1v) is 5.08. The van der Waals surface area contributed by atoms with Crippen LogP contribution in [0.25, 0.3) is 0 Å². The second-order valence-electron chi connectivity index (χ2n) is 5.38. The van der Waals surface area contributed by atoms with E-state index in [9.17, 15) is 5.11 Å². The van der Waals surface area contributed by atoms with E-state index in [0.717, 1.165) is 0 Å². The summed E-state index contributed by atoms with van der Waals surface area (Å²) in [5.74, 6) is 0.525. The van der Waals surface area contributed by atoms with Gasteiger partial charge >= 0.3 is 0 Å². The van der Waals surface area contributed by atoms with Gasteiger partial charge in [0, 0.05) is 0 Å². The van der Waals surface area contributed by atoms with E-state index in [1.165, 1.54) is 25.7 Å². The quantitative estimate of drug-likeness (QED) is 0.641. The van der Waals surface area contributed by atoms with Gasteiger partial charge in [0.1, 0.15) is 0 Å². The molecule has 1 atom stereocenters. The smallest absolute Gasteiger partial charge is 0.0695 e. The van der Waals surface area contributed by atoms with Crippen molar-refractivity contribution in [2.24, 2.45) is 11.3 Å². The molecule has 0 heterocycles. The Balaban J connectivity index is 2.69. The Morgan fingerprint density at radius 2 is 1.42 bits per heavy atom. The maximum Gasteiger partial charge on any atom is 0.0695 e. The van der Waals surface area contributed by atoms with Crippen molar-refractivity contribution in [3.8, 4) is 0 Å². The van der Waals surface area contributed by atoms with Crippen molar-refractivity contribution >= 4 is 0 Å². The summed E-state index contributed by atoms with van der Waals surface area (Å²) in [5, 5.41) is 10.4. The van der Waals surface area contributed by atoms with Crippen molar-refractivity contribution < 1.29 is 5.11 Å². The minimum absolute atomic E-state index is 0.0159. The van der Waals surface area contributed by atoms with Crippen molar-refractivity contribution in [3.63, 3.8) is 0 Å². The van der Waals surface area contributed by atoms with Crippen molar-refractivity contribution in [1.29, 1.82) is 0 Å². The summed E-state index contributed by atoms with van der Waals surface area (Å²) in [6.45, 7) is 8.39. The highest BCUT2D eigenvalue weighted by Gasteiger charge is 2.42. The number of aliphatic hydroxyl groups is 1. The van der Waals surface area contributed by atoms with Crippen molar-refractivity contribution in [3.05, 3.63) is 0 Å². The van der Waals surface area contributed by atoms with Crippen LogP contribution < -0.4 is 0 Å². The van der Waals surface area contributed by atoms with E-state index in [4.69, 9.17) is 0 Å². The topological polar surface area (TPSA) is 20.2 Å². The number of rotatable bonds is 1. The molecule has 1 rings (SSSR count). The number of hydrogen-bond acceptors (Lipinski definition) is 1. The Labute approximate surface area is 76.2 Å². The molecule has 0 radical (unpaired) electrons. The third-order valence-corrected chi connectivity index (χ3v) is 3.67. The Morgan fingerprint density at radius 3 is 1.75 bits per heavy atom. The summed E-state index contributed by atoms with van der Waals surface area (Å²) in [5.41, 5.74) is -0.467. The normalized spacial score (nSPS) is 25.8. The first-order valence-electron chi connectivity index (χ1n) is 5.08. The van der Waals surface area contributed by atoms with Gasteiger partial charge in [-0.3, -0.25) is 0 Å². The molecule has 0 aromatic carbocycles. The van der Waals surface area contributed by atoms with E-state index >= 15 is 0 Å². The fourth-order valence-corrected chi connectivity index (χ4v) is 2.10. The van der Waals surface area contributed by atoms with Crippen LogP contribution in [0.1, 0.15) is 53.4 Å². The monoisotopic (exact) mass is 170 g/mol. The van der Waals surface area contributed by atoms with Crippen LogP contribution in [-0.4, -0.2) is 10.7 Å². The molecular weight excluding hydrogens is 148 g/mol. The van der Waals surface area contributed by atoms with Crippen LogP contribution in [0, 0.1) is 11.3 Å². The molecule has 1 N–H and O–H groups in total. The highest BCUT2D eigenvalue weighted by atomic mass is 16.3. The Hall–Kier alpha value is -0.0400. The molecular formula is C11H22O. The van der Waals surface area contributed by atoms with Crippen molar-refractivity contribution in [2.45, 2.75) is 59.0 Å². The summed E-state index contributed by atoms with van der Waals surface area (Å²) >= 11 is 0. The van der Waals surface area contributed by atoms with E-state index < -0.39 is 5.60 Å². The molecule has 0 aromatic rings. The Bertz CT molecular complexity index is 147. The van der Waals surface area contributed by atoms with Gasteiger partial charge in [-0.05, 0) is 31.1 Å². The Kier molecular flexibility index (Phi) is 2.53. The first kappa shape index (κ1) is 10.0. The minimum atomic E-state index is -0.483. The van der Waals surface area contributed by atoms with Crippen LogP contribution in [0.15, 0.2) is 0 Å². The maximum atomic E-state index is 10.4.